The van der Waals surface area contributed by atoms with E-state index < -0.39 is 12.0 Å². The molecule has 0 unspecified atom stereocenters. The Bertz CT molecular complexity index is 479. The van der Waals surface area contributed by atoms with Crippen molar-refractivity contribution in [2.75, 3.05) is 26.0 Å². The van der Waals surface area contributed by atoms with Gasteiger partial charge in [-0.05, 0) is 12.1 Å². The molecule has 6 nitrogen and oxygen atoms in total. The quantitative estimate of drug-likeness (QED) is 0.870. The number of urea groups is 1. The minimum Gasteiger partial charge on any atom is -0.495 e. The predicted octanol–water partition coefficient (Wildman–Crippen LogP) is 2.29. The lowest BCUT2D eigenvalue weighted by Gasteiger charge is -2.17. The maximum absolute atomic E-state index is 11.8. The van der Waals surface area contributed by atoms with E-state index in [0.29, 0.717) is 16.5 Å². The van der Waals surface area contributed by atoms with Crippen LogP contribution in [0.25, 0.3) is 0 Å². The van der Waals surface area contributed by atoms with E-state index in [4.69, 9.17) is 21.4 Å². The highest BCUT2D eigenvalue weighted by molar-refractivity contribution is 6.32. The second-order valence-electron chi connectivity index (χ2n) is 3.84. The molecule has 0 atom stereocenters. The molecule has 0 aliphatic rings. The Kier molecular flexibility index (Phi) is 5.44. The molecule has 7 heteroatoms. The molecule has 0 aromatic heterocycles. The predicted molar refractivity (Wildman–Crippen MR) is 71.9 cm³/mol. The van der Waals surface area contributed by atoms with Crippen LogP contribution in [0.2, 0.25) is 5.02 Å². The average molecular weight is 287 g/mol. The molecule has 0 saturated carbocycles. The number of carbonyl (C=O) groups excluding carboxylic acids is 1. The molecule has 0 fully saturated rings. The van der Waals surface area contributed by atoms with Gasteiger partial charge in [-0.25, -0.2) is 4.79 Å². The number of carboxylic acids is 1. The molecule has 1 aromatic rings. The van der Waals surface area contributed by atoms with Crippen molar-refractivity contribution in [1.29, 1.82) is 0 Å². The highest BCUT2D eigenvalue weighted by atomic mass is 35.5. The number of halogens is 1. The number of ether oxygens (including phenoxy) is 1. The van der Waals surface area contributed by atoms with Gasteiger partial charge in [0.15, 0.2) is 0 Å². The van der Waals surface area contributed by atoms with Crippen molar-refractivity contribution in [2.45, 2.75) is 6.42 Å². The Morgan fingerprint density at radius 2 is 2.16 bits per heavy atom. The number of carbonyl (C=O) groups is 2. The van der Waals surface area contributed by atoms with Gasteiger partial charge >= 0.3 is 12.0 Å². The Balaban J connectivity index is 2.63. The monoisotopic (exact) mass is 286 g/mol. The van der Waals surface area contributed by atoms with E-state index in [1.807, 2.05) is 0 Å². The van der Waals surface area contributed by atoms with Crippen molar-refractivity contribution in [3.63, 3.8) is 0 Å². The zero-order valence-corrected chi connectivity index (χ0v) is 11.4. The number of rotatable bonds is 5. The summed E-state index contributed by atoms with van der Waals surface area (Å²) in [4.78, 5) is 23.5. The molecule has 1 rings (SSSR count). The summed E-state index contributed by atoms with van der Waals surface area (Å²) in [6, 6.07) is 4.43. The third-order valence-corrected chi connectivity index (χ3v) is 2.72. The first-order valence-electron chi connectivity index (χ1n) is 5.51. The molecule has 0 spiro atoms. The van der Waals surface area contributed by atoms with Crippen LogP contribution in [-0.2, 0) is 4.79 Å². The van der Waals surface area contributed by atoms with E-state index in [1.54, 1.807) is 18.2 Å². The fourth-order valence-electron chi connectivity index (χ4n) is 1.32. The molecule has 0 heterocycles. The maximum atomic E-state index is 11.8. The zero-order valence-electron chi connectivity index (χ0n) is 10.6. The van der Waals surface area contributed by atoms with Crippen molar-refractivity contribution < 1.29 is 19.4 Å². The maximum Gasteiger partial charge on any atom is 0.321 e. The molecule has 0 saturated heterocycles. The lowest BCUT2D eigenvalue weighted by atomic mass is 10.3. The molecule has 0 aliphatic heterocycles. The van der Waals surface area contributed by atoms with Crippen LogP contribution < -0.4 is 10.1 Å². The summed E-state index contributed by atoms with van der Waals surface area (Å²) in [6.45, 7) is 0.131. The van der Waals surface area contributed by atoms with Gasteiger partial charge in [0, 0.05) is 25.3 Å². The first kappa shape index (κ1) is 15.1. The third kappa shape index (κ3) is 4.67. The molecule has 104 valence electrons. The van der Waals surface area contributed by atoms with Gasteiger partial charge in [0.25, 0.3) is 0 Å². The van der Waals surface area contributed by atoms with Crippen molar-refractivity contribution in [3.05, 3.63) is 23.2 Å². The minimum atomic E-state index is -0.951. The van der Waals surface area contributed by atoms with Gasteiger partial charge in [-0.1, -0.05) is 11.6 Å². The summed E-state index contributed by atoms with van der Waals surface area (Å²) in [5, 5.41) is 11.6. The van der Waals surface area contributed by atoms with Crippen LogP contribution in [0.4, 0.5) is 10.5 Å². The average Bonchev–Trinajstić information content (AvgIpc) is 2.37. The molecule has 0 bridgehead atoms. The second-order valence-corrected chi connectivity index (χ2v) is 4.25. The zero-order chi connectivity index (χ0) is 14.4. The van der Waals surface area contributed by atoms with Crippen molar-refractivity contribution in [1.82, 2.24) is 4.90 Å². The smallest absolute Gasteiger partial charge is 0.321 e. The first-order chi connectivity index (χ1) is 8.93. The van der Waals surface area contributed by atoms with Gasteiger partial charge in [0.1, 0.15) is 5.75 Å². The number of benzene rings is 1. The number of amides is 2. The summed E-state index contributed by atoms with van der Waals surface area (Å²) in [7, 11) is 3.00. The first-order valence-corrected chi connectivity index (χ1v) is 5.89. The van der Waals surface area contributed by atoms with Crippen LogP contribution in [-0.4, -0.2) is 42.7 Å². The van der Waals surface area contributed by atoms with E-state index in [1.165, 1.54) is 19.1 Å². The Labute approximate surface area is 115 Å². The third-order valence-electron chi connectivity index (χ3n) is 2.41. The summed E-state index contributed by atoms with van der Waals surface area (Å²) in [5.74, 6) is -0.500. The van der Waals surface area contributed by atoms with Crippen LogP contribution in [0.5, 0.6) is 5.75 Å². The highest BCUT2D eigenvalue weighted by Gasteiger charge is 2.11. The van der Waals surface area contributed by atoms with Gasteiger partial charge < -0.3 is 20.1 Å². The summed E-state index contributed by atoms with van der Waals surface area (Å²) < 4.78 is 5.03. The van der Waals surface area contributed by atoms with Gasteiger partial charge in [-0.15, -0.1) is 0 Å². The van der Waals surface area contributed by atoms with Crippen LogP contribution >= 0.6 is 11.6 Å². The number of nitrogens with zero attached hydrogens (tertiary/aromatic N) is 1. The Morgan fingerprint density at radius 1 is 1.47 bits per heavy atom. The molecule has 1 aromatic carbocycles. The van der Waals surface area contributed by atoms with E-state index in [-0.39, 0.29) is 13.0 Å². The topological polar surface area (TPSA) is 78.9 Å². The fourth-order valence-corrected chi connectivity index (χ4v) is 1.52. The Hall–Kier alpha value is -1.95. The molecular weight excluding hydrogens is 272 g/mol. The number of carboxylic acid groups (broad SMARTS) is 1. The van der Waals surface area contributed by atoms with Crippen LogP contribution in [0.15, 0.2) is 18.2 Å². The molecule has 0 aliphatic carbocycles. The number of aliphatic carboxylic acids is 1. The molecule has 2 amide bonds. The van der Waals surface area contributed by atoms with E-state index in [9.17, 15) is 9.59 Å². The second kappa shape index (κ2) is 6.84. The molecule has 19 heavy (non-hydrogen) atoms. The number of nitrogens with one attached hydrogen (secondary N) is 1. The normalized spacial score (nSPS) is 9.84. The summed E-state index contributed by atoms with van der Waals surface area (Å²) in [5.41, 5.74) is 0.522. The van der Waals surface area contributed by atoms with Gasteiger partial charge in [0.2, 0.25) is 0 Å². The number of hydrogen-bond donors (Lipinski definition) is 2. The highest BCUT2D eigenvalue weighted by Crippen LogP contribution is 2.27. The van der Waals surface area contributed by atoms with Crippen molar-refractivity contribution in [3.8, 4) is 5.75 Å². The molecule has 2 N–H and O–H groups in total. The minimum absolute atomic E-state index is 0.103. The lowest BCUT2D eigenvalue weighted by molar-refractivity contribution is -0.137. The van der Waals surface area contributed by atoms with Crippen LogP contribution in [0.1, 0.15) is 6.42 Å². The Morgan fingerprint density at radius 3 is 2.74 bits per heavy atom. The molecule has 0 radical (unpaired) electrons. The van der Waals surface area contributed by atoms with E-state index in [0.717, 1.165) is 0 Å². The summed E-state index contributed by atoms with van der Waals surface area (Å²) in [6.07, 6.45) is -0.103. The standard InChI is InChI=1S/C12H15ClN2O4/c1-15(6-5-11(16)17)12(18)14-8-3-4-9(13)10(7-8)19-2/h3-4,7H,5-6H2,1-2H3,(H,14,18)(H,16,17). The van der Waals surface area contributed by atoms with Crippen LogP contribution in [0.3, 0.4) is 0 Å². The van der Waals surface area contributed by atoms with E-state index >= 15 is 0 Å². The van der Waals surface area contributed by atoms with Crippen molar-refractivity contribution in [2.24, 2.45) is 0 Å². The lowest BCUT2D eigenvalue weighted by Crippen LogP contribution is -2.33. The largest absolute Gasteiger partial charge is 0.495 e. The number of anilines is 1. The molecular formula is C12H15ClN2O4. The van der Waals surface area contributed by atoms with Crippen molar-refractivity contribution >= 4 is 29.3 Å². The number of hydrogen-bond acceptors (Lipinski definition) is 3. The van der Waals surface area contributed by atoms with Gasteiger partial charge in [-0.3, -0.25) is 4.79 Å². The fraction of sp³-hybridized carbons (Fsp3) is 0.333. The van der Waals surface area contributed by atoms with E-state index in [2.05, 4.69) is 5.32 Å². The van der Waals surface area contributed by atoms with Crippen LogP contribution in [0, 0.1) is 0 Å². The van der Waals surface area contributed by atoms with Gasteiger partial charge in [-0.2, -0.15) is 0 Å². The SMILES string of the molecule is COc1cc(NC(=O)N(C)CCC(=O)O)ccc1Cl. The summed E-state index contributed by atoms with van der Waals surface area (Å²) >= 11 is 5.87. The van der Waals surface area contributed by atoms with Gasteiger partial charge in [0.05, 0.1) is 18.6 Å². The number of methoxy groups -OCH3 is 1.